The Hall–Kier alpha value is -1.77. The fourth-order valence-corrected chi connectivity index (χ4v) is 1.89. The van der Waals surface area contributed by atoms with Crippen molar-refractivity contribution < 1.29 is 0 Å². The summed E-state index contributed by atoms with van der Waals surface area (Å²) in [4.78, 5) is 12.3. The Bertz CT molecular complexity index is 585. The molecule has 3 nitrogen and oxygen atoms in total. The largest absolute Gasteiger partial charge is 0.302 e. The summed E-state index contributed by atoms with van der Waals surface area (Å²) >= 11 is 0. The van der Waals surface area contributed by atoms with E-state index in [1.807, 2.05) is 52.0 Å². The average molecular weight is 230 g/mol. The van der Waals surface area contributed by atoms with Crippen LogP contribution in [0.25, 0.3) is 11.1 Å². The van der Waals surface area contributed by atoms with Crippen molar-refractivity contribution in [2.75, 3.05) is 0 Å². The van der Waals surface area contributed by atoms with Crippen LogP contribution in [0.3, 0.4) is 0 Å². The normalized spacial score (nSPS) is 11.8. The molecular weight excluding hydrogens is 212 g/mol. The molecule has 90 valence electrons. The zero-order valence-electron chi connectivity index (χ0n) is 10.7. The molecule has 1 N–H and O–H groups in total. The summed E-state index contributed by atoms with van der Waals surface area (Å²) in [7, 11) is 0. The predicted molar refractivity (Wildman–Crippen MR) is 70.2 cm³/mol. The highest BCUT2D eigenvalue weighted by Crippen LogP contribution is 2.18. The van der Waals surface area contributed by atoms with E-state index >= 15 is 0 Å². The fraction of sp³-hybridized carbons (Fsp3) is 0.357. The van der Waals surface area contributed by atoms with E-state index in [4.69, 9.17) is 0 Å². The molecule has 0 fully saturated rings. The number of hydrogen-bond acceptors (Lipinski definition) is 1. The number of H-pyrrole nitrogens is 1. The zero-order chi connectivity index (χ0) is 12.6. The second-order valence-electron chi connectivity index (χ2n) is 5.37. The second kappa shape index (κ2) is 3.91. The SMILES string of the molecule is Cc1cccc(-c2c[nH]n(C(C)(C)C)c2=O)c1. The maximum Gasteiger partial charge on any atom is 0.274 e. The molecular formula is C14H18N2O. The molecule has 0 amide bonds. The summed E-state index contributed by atoms with van der Waals surface area (Å²) in [6.07, 6.45) is 1.78. The van der Waals surface area contributed by atoms with Gasteiger partial charge in [0.15, 0.2) is 0 Å². The van der Waals surface area contributed by atoms with E-state index in [1.54, 1.807) is 10.9 Å². The lowest BCUT2D eigenvalue weighted by atomic mass is 10.1. The van der Waals surface area contributed by atoms with Gasteiger partial charge in [0.05, 0.1) is 11.1 Å². The van der Waals surface area contributed by atoms with Crippen LogP contribution in [-0.2, 0) is 5.54 Å². The Labute approximate surface area is 101 Å². The van der Waals surface area contributed by atoms with Gasteiger partial charge in [0.1, 0.15) is 0 Å². The topological polar surface area (TPSA) is 37.8 Å². The molecule has 0 aliphatic rings. The van der Waals surface area contributed by atoms with E-state index in [0.29, 0.717) is 0 Å². The van der Waals surface area contributed by atoms with Gasteiger partial charge >= 0.3 is 0 Å². The van der Waals surface area contributed by atoms with Crippen molar-refractivity contribution in [2.45, 2.75) is 33.2 Å². The van der Waals surface area contributed by atoms with E-state index in [2.05, 4.69) is 5.10 Å². The van der Waals surface area contributed by atoms with Crippen LogP contribution in [0.15, 0.2) is 35.3 Å². The molecule has 0 atom stereocenters. The van der Waals surface area contributed by atoms with Crippen LogP contribution in [0.5, 0.6) is 0 Å². The smallest absolute Gasteiger partial charge is 0.274 e. The van der Waals surface area contributed by atoms with Gasteiger partial charge in [0.2, 0.25) is 0 Å². The molecule has 0 aliphatic carbocycles. The maximum atomic E-state index is 12.3. The molecule has 2 aromatic rings. The summed E-state index contributed by atoms with van der Waals surface area (Å²) in [5, 5.41) is 3.04. The fourth-order valence-electron chi connectivity index (χ4n) is 1.89. The van der Waals surface area contributed by atoms with Crippen LogP contribution < -0.4 is 5.56 Å². The summed E-state index contributed by atoms with van der Waals surface area (Å²) in [5.74, 6) is 0. The molecule has 17 heavy (non-hydrogen) atoms. The molecule has 0 unspecified atom stereocenters. The van der Waals surface area contributed by atoms with Gasteiger partial charge in [0.25, 0.3) is 5.56 Å². The monoisotopic (exact) mass is 230 g/mol. The number of benzene rings is 1. The third-order valence-electron chi connectivity index (χ3n) is 2.77. The zero-order valence-corrected chi connectivity index (χ0v) is 10.7. The lowest BCUT2D eigenvalue weighted by Crippen LogP contribution is -2.32. The summed E-state index contributed by atoms with van der Waals surface area (Å²) in [5.41, 5.74) is 2.66. The number of aromatic nitrogens is 2. The van der Waals surface area contributed by atoms with Gasteiger partial charge in [0, 0.05) is 6.20 Å². The van der Waals surface area contributed by atoms with Crippen LogP contribution in [0.4, 0.5) is 0 Å². The van der Waals surface area contributed by atoms with Crippen molar-refractivity contribution in [2.24, 2.45) is 0 Å². The Morgan fingerprint density at radius 3 is 2.47 bits per heavy atom. The average Bonchev–Trinajstić information content (AvgIpc) is 2.59. The third-order valence-corrected chi connectivity index (χ3v) is 2.77. The number of hydrogen-bond donors (Lipinski definition) is 1. The first-order valence-corrected chi connectivity index (χ1v) is 5.77. The van der Waals surface area contributed by atoms with Gasteiger partial charge in [-0.25, -0.2) is 4.68 Å². The van der Waals surface area contributed by atoms with Crippen molar-refractivity contribution in [3.05, 3.63) is 46.4 Å². The van der Waals surface area contributed by atoms with Crippen LogP contribution in [-0.4, -0.2) is 9.78 Å². The minimum Gasteiger partial charge on any atom is -0.302 e. The van der Waals surface area contributed by atoms with Gasteiger partial charge in [-0.05, 0) is 33.3 Å². The number of aromatic amines is 1. The van der Waals surface area contributed by atoms with Crippen LogP contribution in [0.1, 0.15) is 26.3 Å². The summed E-state index contributed by atoms with van der Waals surface area (Å²) in [6.45, 7) is 8.04. The van der Waals surface area contributed by atoms with Crippen molar-refractivity contribution in [3.8, 4) is 11.1 Å². The summed E-state index contributed by atoms with van der Waals surface area (Å²) < 4.78 is 1.66. The molecule has 0 saturated heterocycles. The molecule has 0 bridgehead atoms. The van der Waals surface area contributed by atoms with Gasteiger partial charge in [-0.2, -0.15) is 0 Å². The molecule has 3 heteroatoms. The van der Waals surface area contributed by atoms with Gasteiger partial charge < -0.3 is 5.10 Å². The molecule has 2 rings (SSSR count). The molecule has 0 spiro atoms. The number of nitrogens with one attached hydrogen (secondary N) is 1. The van der Waals surface area contributed by atoms with Gasteiger partial charge in [-0.15, -0.1) is 0 Å². The number of aryl methyl sites for hydroxylation is 1. The van der Waals surface area contributed by atoms with Crippen molar-refractivity contribution in [3.63, 3.8) is 0 Å². The first-order valence-electron chi connectivity index (χ1n) is 5.77. The van der Waals surface area contributed by atoms with E-state index < -0.39 is 0 Å². The minimum absolute atomic E-state index is 0.0306. The van der Waals surface area contributed by atoms with Crippen molar-refractivity contribution in [1.29, 1.82) is 0 Å². The number of nitrogens with zero attached hydrogens (tertiary/aromatic N) is 1. The Balaban J connectivity index is 2.56. The molecule has 1 aromatic heterocycles. The lowest BCUT2D eigenvalue weighted by Gasteiger charge is -2.18. The molecule has 0 aliphatic heterocycles. The highest BCUT2D eigenvalue weighted by atomic mass is 16.1. The minimum atomic E-state index is -0.223. The van der Waals surface area contributed by atoms with Crippen molar-refractivity contribution >= 4 is 0 Å². The Morgan fingerprint density at radius 1 is 1.24 bits per heavy atom. The van der Waals surface area contributed by atoms with Crippen LogP contribution >= 0.6 is 0 Å². The Kier molecular flexibility index (Phi) is 2.69. The highest BCUT2D eigenvalue weighted by molar-refractivity contribution is 5.62. The van der Waals surface area contributed by atoms with Crippen LogP contribution in [0.2, 0.25) is 0 Å². The first kappa shape index (κ1) is 11.7. The van der Waals surface area contributed by atoms with Crippen molar-refractivity contribution in [1.82, 2.24) is 9.78 Å². The standard InChI is InChI=1S/C14H18N2O/c1-10-6-5-7-11(8-10)12-9-15-16(13(12)17)14(2,3)4/h5-9,15H,1-4H3. The summed E-state index contributed by atoms with van der Waals surface area (Å²) in [6, 6.07) is 7.99. The number of rotatable bonds is 1. The van der Waals surface area contributed by atoms with E-state index in [1.165, 1.54) is 0 Å². The molecule has 0 radical (unpaired) electrons. The van der Waals surface area contributed by atoms with E-state index in [0.717, 1.165) is 16.7 Å². The maximum absolute atomic E-state index is 12.3. The van der Waals surface area contributed by atoms with E-state index in [9.17, 15) is 4.79 Å². The second-order valence-corrected chi connectivity index (χ2v) is 5.37. The first-order chi connectivity index (χ1) is 7.89. The van der Waals surface area contributed by atoms with Gasteiger partial charge in [-0.1, -0.05) is 29.8 Å². The van der Waals surface area contributed by atoms with Gasteiger partial charge in [-0.3, -0.25) is 4.79 Å². The predicted octanol–water partition coefficient (Wildman–Crippen LogP) is 2.91. The Morgan fingerprint density at radius 2 is 1.94 bits per heavy atom. The van der Waals surface area contributed by atoms with Crippen LogP contribution in [0, 0.1) is 6.92 Å². The highest BCUT2D eigenvalue weighted by Gasteiger charge is 2.18. The quantitative estimate of drug-likeness (QED) is 0.803. The molecule has 1 heterocycles. The molecule has 0 saturated carbocycles. The third kappa shape index (κ3) is 2.18. The van der Waals surface area contributed by atoms with E-state index in [-0.39, 0.29) is 11.1 Å². The lowest BCUT2D eigenvalue weighted by molar-refractivity contribution is 0.346. The molecule has 1 aromatic carbocycles.